The van der Waals surface area contributed by atoms with Crippen LogP contribution in [0.15, 0.2) is 70.5 Å². The number of aromatic nitrogens is 2. The number of pyridine rings is 2. The molecule has 2 aromatic carbocycles. The first-order valence-corrected chi connectivity index (χ1v) is 14.5. The molecular formula is C32H40N4O4. The van der Waals surface area contributed by atoms with E-state index in [1.165, 1.54) is 0 Å². The third-order valence-corrected chi connectivity index (χ3v) is 8.06. The standard InChI is InChI=1S/2C16H20N2O2/c2*1-2-18-9-6-13(7-10-18)20-14-3-4-15-12(11-14)5-8-17-16(15)19/h2*3-5,8,11,13H,2,6-7,9-10H2,1H3,(H,17,19). The molecule has 40 heavy (non-hydrogen) atoms. The summed E-state index contributed by atoms with van der Waals surface area (Å²) in [4.78, 5) is 33.6. The average molecular weight is 545 g/mol. The molecule has 0 amide bonds. The molecule has 2 aliphatic rings. The highest BCUT2D eigenvalue weighted by Gasteiger charge is 2.20. The zero-order valence-electron chi connectivity index (χ0n) is 23.5. The average Bonchev–Trinajstić information content (AvgIpc) is 2.98. The summed E-state index contributed by atoms with van der Waals surface area (Å²) in [5.41, 5.74) is -0.101. The van der Waals surface area contributed by atoms with E-state index in [0.29, 0.717) is 10.8 Å². The van der Waals surface area contributed by atoms with Gasteiger partial charge in [0.25, 0.3) is 11.1 Å². The Morgan fingerprint density at radius 2 is 1.05 bits per heavy atom. The van der Waals surface area contributed by atoms with Crippen LogP contribution >= 0.6 is 0 Å². The van der Waals surface area contributed by atoms with Crippen molar-refractivity contribution in [2.45, 2.75) is 51.7 Å². The summed E-state index contributed by atoms with van der Waals surface area (Å²) in [5.74, 6) is 1.72. The molecule has 0 spiro atoms. The second-order valence-corrected chi connectivity index (χ2v) is 10.6. The molecule has 2 N–H and O–H groups in total. The predicted molar refractivity (Wildman–Crippen MR) is 161 cm³/mol. The molecule has 8 nitrogen and oxygen atoms in total. The summed E-state index contributed by atoms with van der Waals surface area (Å²) in [6.45, 7) is 11.0. The Morgan fingerprint density at radius 1 is 0.650 bits per heavy atom. The summed E-state index contributed by atoms with van der Waals surface area (Å²) < 4.78 is 12.1. The van der Waals surface area contributed by atoms with Crippen LogP contribution in [0.5, 0.6) is 11.5 Å². The van der Waals surface area contributed by atoms with Gasteiger partial charge in [0.1, 0.15) is 23.7 Å². The second kappa shape index (κ2) is 13.2. The van der Waals surface area contributed by atoms with Crippen LogP contribution in [0.4, 0.5) is 0 Å². The Hall–Kier alpha value is -3.62. The van der Waals surface area contributed by atoms with Gasteiger partial charge in [-0.2, -0.15) is 0 Å². The van der Waals surface area contributed by atoms with Gasteiger partial charge < -0.3 is 29.2 Å². The van der Waals surface area contributed by atoms with Crippen LogP contribution < -0.4 is 20.6 Å². The molecule has 0 atom stereocenters. The Balaban J connectivity index is 0.000000161. The lowest BCUT2D eigenvalue weighted by Crippen LogP contribution is -2.37. The van der Waals surface area contributed by atoms with Crippen LogP contribution in [-0.4, -0.2) is 71.2 Å². The van der Waals surface area contributed by atoms with Crippen molar-refractivity contribution in [1.29, 1.82) is 0 Å². The number of piperidine rings is 2. The first-order chi connectivity index (χ1) is 19.5. The third-order valence-electron chi connectivity index (χ3n) is 8.06. The van der Waals surface area contributed by atoms with Crippen molar-refractivity contribution in [3.05, 3.63) is 81.6 Å². The number of benzene rings is 2. The van der Waals surface area contributed by atoms with Gasteiger partial charge >= 0.3 is 0 Å². The first kappa shape index (κ1) is 27.9. The number of aromatic amines is 2. The van der Waals surface area contributed by atoms with E-state index in [9.17, 15) is 9.59 Å². The Morgan fingerprint density at radius 3 is 1.43 bits per heavy atom. The molecule has 0 unspecified atom stereocenters. The number of ether oxygens (including phenoxy) is 2. The molecule has 2 fully saturated rings. The number of fused-ring (bicyclic) bond motifs is 2. The van der Waals surface area contributed by atoms with Crippen LogP contribution in [0.3, 0.4) is 0 Å². The van der Waals surface area contributed by atoms with Gasteiger partial charge in [0.15, 0.2) is 0 Å². The number of H-pyrrole nitrogens is 2. The van der Waals surface area contributed by atoms with E-state index in [1.54, 1.807) is 12.4 Å². The maximum Gasteiger partial charge on any atom is 0.255 e. The molecule has 6 rings (SSSR count). The highest BCUT2D eigenvalue weighted by atomic mass is 16.5. The van der Waals surface area contributed by atoms with E-state index in [0.717, 1.165) is 87.2 Å². The fraction of sp³-hybridized carbons (Fsp3) is 0.438. The normalized spacial score (nSPS) is 17.4. The van der Waals surface area contributed by atoms with Crippen molar-refractivity contribution in [2.24, 2.45) is 0 Å². The van der Waals surface area contributed by atoms with Crippen LogP contribution in [-0.2, 0) is 0 Å². The third kappa shape index (κ3) is 6.92. The largest absolute Gasteiger partial charge is 0.490 e. The predicted octanol–water partition coefficient (Wildman–Crippen LogP) is 4.78. The SMILES string of the molecule is CCN1CCC(Oc2ccc3c(=O)[nH]ccc3c2)CC1.CCN1CCC(Oc2ccc3c(=O)[nH]ccc3c2)CC1. The summed E-state index contributed by atoms with van der Waals surface area (Å²) in [7, 11) is 0. The lowest BCUT2D eigenvalue weighted by molar-refractivity contribution is 0.104. The number of rotatable bonds is 6. The van der Waals surface area contributed by atoms with Gasteiger partial charge in [-0.1, -0.05) is 13.8 Å². The summed E-state index contributed by atoms with van der Waals surface area (Å²) >= 11 is 0. The molecule has 4 aromatic rings. The van der Waals surface area contributed by atoms with Gasteiger partial charge in [0.2, 0.25) is 0 Å². The maximum absolute atomic E-state index is 11.6. The van der Waals surface area contributed by atoms with Crippen molar-refractivity contribution >= 4 is 21.5 Å². The Kier molecular flexibility index (Phi) is 9.19. The zero-order valence-corrected chi connectivity index (χ0v) is 23.5. The smallest absolute Gasteiger partial charge is 0.255 e. The van der Waals surface area contributed by atoms with E-state index in [2.05, 4.69) is 33.6 Å². The molecule has 4 heterocycles. The fourth-order valence-corrected chi connectivity index (χ4v) is 5.56. The highest BCUT2D eigenvalue weighted by molar-refractivity contribution is 5.83. The molecule has 2 aromatic heterocycles. The minimum atomic E-state index is -0.0506. The molecule has 0 radical (unpaired) electrons. The van der Waals surface area contributed by atoms with Gasteiger partial charge in [-0.3, -0.25) is 9.59 Å². The molecule has 2 saturated heterocycles. The van der Waals surface area contributed by atoms with Gasteiger partial charge in [-0.25, -0.2) is 0 Å². The number of hydrogen-bond donors (Lipinski definition) is 2. The number of hydrogen-bond acceptors (Lipinski definition) is 6. The van der Waals surface area contributed by atoms with E-state index in [1.807, 2.05) is 48.5 Å². The lowest BCUT2D eigenvalue weighted by atomic mass is 10.1. The number of nitrogens with one attached hydrogen (secondary N) is 2. The highest BCUT2D eigenvalue weighted by Crippen LogP contribution is 2.23. The van der Waals surface area contributed by atoms with E-state index in [-0.39, 0.29) is 23.3 Å². The van der Waals surface area contributed by atoms with Crippen LogP contribution in [0.2, 0.25) is 0 Å². The Bertz CT molecular complexity index is 1400. The van der Waals surface area contributed by atoms with Crippen molar-refractivity contribution < 1.29 is 9.47 Å². The van der Waals surface area contributed by atoms with E-state index in [4.69, 9.17) is 9.47 Å². The second-order valence-electron chi connectivity index (χ2n) is 10.6. The van der Waals surface area contributed by atoms with Crippen LogP contribution in [0.25, 0.3) is 21.5 Å². The summed E-state index contributed by atoms with van der Waals surface area (Å²) in [6.07, 6.45) is 8.21. The van der Waals surface area contributed by atoms with Gasteiger partial charge in [-0.05, 0) is 98.1 Å². The van der Waals surface area contributed by atoms with Crippen LogP contribution in [0.1, 0.15) is 39.5 Å². The summed E-state index contributed by atoms with van der Waals surface area (Å²) in [5, 5.41) is 3.27. The maximum atomic E-state index is 11.6. The van der Waals surface area contributed by atoms with Crippen molar-refractivity contribution in [1.82, 2.24) is 19.8 Å². The molecule has 0 saturated carbocycles. The molecule has 0 aliphatic carbocycles. The minimum absolute atomic E-state index is 0.0506. The fourth-order valence-electron chi connectivity index (χ4n) is 5.56. The molecular weight excluding hydrogens is 504 g/mol. The van der Waals surface area contributed by atoms with E-state index >= 15 is 0 Å². The summed E-state index contributed by atoms with van der Waals surface area (Å²) in [6, 6.07) is 15.2. The molecule has 2 aliphatic heterocycles. The van der Waals surface area contributed by atoms with Gasteiger partial charge in [0.05, 0.1) is 0 Å². The quantitative estimate of drug-likeness (QED) is 0.363. The zero-order chi connectivity index (χ0) is 27.9. The van der Waals surface area contributed by atoms with Gasteiger partial charge in [0, 0.05) is 49.3 Å². The molecule has 212 valence electrons. The Labute approximate surface area is 234 Å². The van der Waals surface area contributed by atoms with Gasteiger partial charge in [-0.15, -0.1) is 0 Å². The van der Waals surface area contributed by atoms with Crippen molar-refractivity contribution in [2.75, 3.05) is 39.3 Å². The first-order valence-electron chi connectivity index (χ1n) is 14.5. The van der Waals surface area contributed by atoms with E-state index < -0.39 is 0 Å². The van der Waals surface area contributed by atoms with Crippen molar-refractivity contribution in [3.8, 4) is 11.5 Å². The molecule has 0 bridgehead atoms. The van der Waals surface area contributed by atoms with Crippen LogP contribution in [0, 0.1) is 0 Å². The topological polar surface area (TPSA) is 90.7 Å². The van der Waals surface area contributed by atoms with Crippen molar-refractivity contribution in [3.63, 3.8) is 0 Å². The minimum Gasteiger partial charge on any atom is -0.490 e. The number of likely N-dealkylation sites (tertiary alicyclic amines) is 2. The lowest BCUT2D eigenvalue weighted by Gasteiger charge is -2.31. The molecule has 8 heteroatoms. The number of nitrogens with zero attached hydrogens (tertiary/aromatic N) is 2. The monoisotopic (exact) mass is 544 g/mol.